The Morgan fingerprint density at radius 2 is 2.12 bits per heavy atom. The minimum Gasteiger partial charge on any atom is -0.497 e. The first kappa shape index (κ1) is 17.2. The zero-order valence-electron chi connectivity index (χ0n) is 14.7. The van der Waals surface area contributed by atoms with Gasteiger partial charge in [0.25, 0.3) is 5.91 Å². The number of rotatable bonds is 4. The maximum atomic E-state index is 12.9. The van der Waals surface area contributed by atoms with Gasteiger partial charge in [-0.3, -0.25) is 4.79 Å². The Morgan fingerprint density at radius 3 is 2.76 bits per heavy atom. The second-order valence-corrected chi connectivity index (χ2v) is 6.44. The van der Waals surface area contributed by atoms with Crippen LogP contribution in [0.2, 0.25) is 0 Å². The Morgan fingerprint density at radius 1 is 1.32 bits per heavy atom. The summed E-state index contributed by atoms with van der Waals surface area (Å²) in [6.07, 6.45) is 1.57. The van der Waals surface area contributed by atoms with Gasteiger partial charge >= 0.3 is 0 Å². The number of aliphatic hydroxyl groups excluding tert-OH is 1. The van der Waals surface area contributed by atoms with Crippen molar-refractivity contribution in [3.63, 3.8) is 0 Å². The van der Waals surface area contributed by atoms with Gasteiger partial charge in [-0.05, 0) is 36.2 Å². The number of pyridine rings is 1. The molecule has 1 aromatic carbocycles. The average molecular weight is 341 g/mol. The van der Waals surface area contributed by atoms with Crippen molar-refractivity contribution in [3.8, 4) is 5.75 Å². The lowest BCUT2D eigenvalue weighted by molar-refractivity contribution is 0.0715. The molecule has 6 heteroatoms. The molecule has 1 fully saturated rings. The molecule has 1 aromatic heterocycles. The lowest BCUT2D eigenvalue weighted by Crippen LogP contribution is -2.32. The Bertz CT molecular complexity index is 746. The number of likely N-dealkylation sites (tertiary alicyclic amines) is 1. The first-order chi connectivity index (χ1) is 12.0. The molecular weight excluding hydrogens is 318 g/mol. The molecule has 0 saturated carbocycles. The lowest BCUT2D eigenvalue weighted by atomic mass is 10.0. The molecule has 6 nitrogen and oxygen atoms in total. The first-order valence-corrected chi connectivity index (χ1v) is 8.26. The van der Waals surface area contributed by atoms with Gasteiger partial charge in [0.15, 0.2) is 0 Å². The van der Waals surface area contributed by atoms with Crippen LogP contribution in [-0.4, -0.2) is 54.8 Å². The van der Waals surface area contributed by atoms with Crippen LogP contribution in [0.25, 0.3) is 0 Å². The third kappa shape index (κ3) is 3.58. The quantitative estimate of drug-likeness (QED) is 0.923. The van der Waals surface area contributed by atoms with Gasteiger partial charge in [0.1, 0.15) is 11.6 Å². The third-order valence-electron chi connectivity index (χ3n) is 4.47. The molecule has 2 atom stereocenters. The molecule has 25 heavy (non-hydrogen) atoms. The number of ether oxygens (including phenoxy) is 1. The van der Waals surface area contributed by atoms with Gasteiger partial charge < -0.3 is 19.6 Å². The van der Waals surface area contributed by atoms with Crippen molar-refractivity contribution in [3.05, 3.63) is 53.7 Å². The monoisotopic (exact) mass is 341 g/mol. The number of benzene rings is 1. The molecule has 132 valence electrons. The van der Waals surface area contributed by atoms with E-state index >= 15 is 0 Å². The van der Waals surface area contributed by atoms with Gasteiger partial charge in [-0.1, -0.05) is 12.1 Å². The average Bonchev–Trinajstić information content (AvgIpc) is 3.03. The van der Waals surface area contributed by atoms with Crippen molar-refractivity contribution in [1.29, 1.82) is 0 Å². The lowest BCUT2D eigenvalue weighted by Gasteiger charge is -2.25. The van der Waals surface area contributed by atoms with Gasteiger partial charge in [-0.25, -0.2) is 4.98 Å². The molecule has 3 rings (SSSR count). The highest BCUT2D eigenvalue weighted by molar-refractivity contribution is 5.94. The molecule has 0 spiro atoms. The summed E-state index contributed by atoms with van der Waals surface area (Å²) in [7, 11) is 5.42. The van der Waals surface area contributed by atoms with E-state index in [4.69, 9.17) is 4.74 Å². The Labute approximate surface area is 147 Å². The van der Waals surface area contributed by atoms with Gasteiger partial charge in [0.2, 0.25) is 0 Å². The minimum atomic E-state index is -0.533. The van der Waals surface area contributed by atoms with Crippen molar-refractivity contribution in [1.82, 2.24) is 9.88 Å². The summed E-state index contributed by atoms with van der Waals surface area (Å²) in [5.41, 5.74) is 1.48. The maximum Gasteiger partial charge on any atom is 0.256 e. The van der Waals surface area contributed by atoms with Crippen molar-refractivity contribution in [2.24, 2.45) is 0 Å². The molecular formula is C19H23N3O3. The van der Waals surface area contributed by atoms with E-state index in [1.807, 2.05) is 49.3 Å². The molecule has 1 amide bonds. The number of carbonyl (C=O) groups is 1. The summed E-state index contributed by atoms with van der Waals surface area (Å²) >= 11 is 0. The maximum absolute atomic E-state index is 12.9. The number of aliphatic hydroxyl groups is 1. The van der Waals surface area contributed by atoms with Crippen molar-refractivity contribution < 1.29 is 14.6 Å². The number of methoxy groups -OCH3 is 1. The van der Waals surface area contributed by atoms with Crippen molar-refractivity contribution in [2.45, 2.75) is 18.6 Å². The number of carbonyl (C=O) groups excluding carboxylic acids is 1. The second-order valence-electron chi connectivity index (χ2n) is 6.44. The number of aromatic nitrogens is 1. The summed E-state index contributed by atoms with van der Waals surface area (Å²) in [4.78, 5) is 20.8. The van der Waals surface area contributed by atoms with Crippen LogP contribution in [0.15, 0.2) is 42.6 Å². The third-order valence-corrected chi connectivity index (χ3v) is 4.47. The van der Waals surface area contributed by atoms with Crippen LogP contribution in [0.1, 0.15) is 28.4 Å². The van der Waals surface area contributed by atoms with Gasteiger partial charge in [-0.2, -0.15) is 0 Å². The molecule has 1 aliphatic heterocycles. The summed E-state index contributed by atoms with van der Waals surface area (Å²) in [6.45, 7) is 0.316. The summed E-state index contributed by atoms with van der Waals surface area (Å²) < 4.78 is 5.28. The largest absolute Gasteiger partial charge is 0.497 e. The Hall–Kier alpha value is -2.60. The van der Waals surface area contributed by atoms with E-state index in [9.17, 15) is 9.90 Å². The molecule has 0 aliphatic carbocycles. The van der Waals surface area contributed by atoms with E-state index in [1.54, 1.807) is 24.3 Å². The topological polar surface area (TPSA) is 65.9 Å². The fourth-order valence-corrected chi connectivity index (χ4v) is 3.15. The number of β-amino-alcohol motifs (C(OH)–C–C–N with tert-alkyl or cyclic N) is 1. The van der Waals surface area contributed by atoms with Crippen LogP contribution in [0.4, 0.5) is 5.82 Å². The molecule has 2 heterocycles. The standard InChI is InChI=1S/C19H23N3O3/c1-21(2)18-8-7-14(11-20-18)19(24)22-12-15(23)10-17(22)13-5-4-6-16(9-13)25-3/h4-9,11,15,17,23H,10,12H2,1-3H3. The molecule has 0 bridgehead atoms. The van der Waals surface area contributed by atoms with E-state index in [-0.39, 0.29) is 11.9 Å². The Balaban J connectivity index is 1.86. The first-order valence-electron chi connectivity index (χ1n) is 8.26. The van der Waals surface area contributed by atoms with Crippen molar-refractivity contribution in [2.75, 3.05) is 32.6 Å². The minimum absolute atomic E-state index is 0.123. The fraction of sp³-hybridized carbons (Fsp3) is 0.368. The van der Waals surface area contributed by atoms with Crippen LogP contribution in [0.3, 0.4) is 0 Å². The molecule has 1 aliphatic rings. The van der Waals surface area contributed by atoms with Gasteiger partial charge in [0.05, 0.1) is 24.8 Å². The van der Waals surface area contributed by atoms with E-state index in [0.29, 0.717) is 18.5 Å². The highest BCUT2D eigenvalue weighted by Crippen LogP contribution is 2.34. The van der Waals surface area contributed by atoms with Crippen LogP contribution in [0.5, 0.6) is 5.75 Å². The highest BCUT2D eigenvalue weighted by atomic mass is 16.5. The molecule has 2 aromatic rings. The predicted octanol–water partition coefficient (Wildman–Crippen LogP) is 2.10. The van der Waals surface area contributed by atoms with Crippen molar-refractivity contribution >= 4 is 11.7 Å². The number of nitrogens with zero attached hydrogens (tertiary/aromatic N) is 3. The van der Waals surface area contributed by atoms with Gasteiger partial charge in [-0.15, -0.1) is 0 Å². The summed E-state index contributed by atoms with van der Waals surface area (Å²) in [5, 5.41) is 10.1. The van der Waals surface area contributed by atoms with E-state index in [2.05, 4.69) is 4.98 Å². The zero-order chi connectivity index (χ0) is 18.0. The fourth-order valence-electron chi connectivity index (χ4n) is 3.15. The molecule has 2 unspecified atom stereocenters. The summed E-state index contributed by atoms with van der Waals surface area (Å²) in [6, 6.07) is 11.1. The van der Waals surface area contributed by atoms with E-state index in [1.165, 1.54) is 0 Å². The van der Waals surface area contributed by atoms with Crippen LogP contribution in [-0.2, 0) is 0 Å². The van der Waals surface area contributed by atoms with E-state index < -0.39 is 6.10 Å². The molecule has 1 saturated heterocycles. The van der Waals surface area contributed by atoms with E-state index in [0.717, 1.165) is 17.1 Å². The SMILES string of the molecule is COc1cccc(C2CC(O)CN2C(=O)c2ccc(N(C)C)nc2)c1. The summed E-state index contributed by atoms with van der Waals surface area (Å²) in [5.74, 6) is 1.41. The predicted molar refractivity (Wildman–Crippen MR) is 96.0 cm³/mol. The normalized spacial score (nSPS) is 19.8. The number of anilines is 1. The Kier molecular flexibility index (Phi) is 4.90. The van der Waals surface area contributed by atoms with Gasteiger partial charge in [0, 0.05) is 26.8 Å². The van der Waals surface area contributed by atoms with Crippen LogP contribution < -0.4 is 9.64 Å². The van der Waals surface area contributed by atoms with Crippen LogP contribution >= 0.6 is 0 Å². The number of amides is 1. The second kappa shape index (κ2) is 7.11. The molecule has 0 radical (unpaired) electrons. The highest BCUT2D eigenvalue weighted by Gasteiger charge is 2.36. The number of hydrogen-bond donors (Lipinski definition) is 1. The zero-order valence-corrected chi connectivity index (χ0v) is 14.7. The molecule has 1 N–H and O–H groups in total. The smallest absolute Gasteiger partial charge is 0.256 e. The van der Waals surface area contributed by atoms with Crippen LogP contribution in [0, 0.1) is 0 Å². The number of hydrogen-bond acceptors (Lipinski definition) is 5.